The molecule has 1 N–H and O–H groups in total. The molecule has 0 unspecified atom stereocenters. The lowest BCUT2D eigenvalue weighted by atomic mass is 9.47. The third kappa shape index (κ3) is 4.98. The molecule has 1 aromatic heterocycles. The first-order valence-corrected chi connectivity index (χ1v) is 16.5. The number of aromatic nitrogens is 2. The third-order valence-electron chi connectivity index (χ3n) is 12.8. The van der Waals surface area contributed by atoms with E-state index in [2.05, 4.69) is 38.9 Å². The summed E-state index contributed by atoms with van der Waals surface area (Å²) in [6.45, 7) is 11.4. The Labute approximate surface area is 246 Å². The highest BCUT2D eigenvalue weighted by Crippen LogP contribution is 2.67. The Kier molecular flexibility index (Phi) is 7.65. The maximum absolute atomic E-state index is 13.4. The van der Waals surface area contributed by atoms with E-state index in [0.29, 0.717) is 54.3 Å². The Bertz CT molecular complexity index is 1190. The fourth-order valence-electron chi connectivity index (χ4n) is 10.5. The molecule has 6 rings (SSSR count). The number of rotatable bonds is 5. The van der Waals surface area contributed by atoms with Gasteiger partial charge < -0.3 is 14.9 Å². The summed E-state index contributed by atoms with van der Waals surface area (Å²) < 4.78 is 1.65. The van der Waals surface area contributed by atoms with E-state index < -0.39 is 0 Å². The zero-order chi connectivity index (χ0) is 29.1. The van der Waals surface area contributed by atoms with Crippen LogP contribution in [0.4, 0.5) is 0 Å². The molecule has 226 valence electrons. The van der Waals surface area contributed by atoms with Crippen LogP contribution in [0.15, 0.2) is 24.0 Å². The predicted molar refractivity (Wildman–Crippen MR) is 160 cm³/mol. The van der Waals surface area contributed by atoms with Crippen LogP contribution in [0.3, 0.4) is 0 Å². The van der Waals surface area contributed by atoms with Crippen LogP contribution in [0, 0.1) is 40.4 Å². The largest absolute Gasteiger partial charge is 0.393 e. The number of hydrogen-bond acceptors (Lipinski definition) is 4. The van der Waals surface area contributed by atoms with E-state index in [4.69, 9.17) is 0 Å². The van der Waals surface area contributed by atoms with Crippen molar-refractivity contribution in [2.75, 3.05) is 19.6 Å². The summed E-state index contributed by atoms with van der Waals surface area (Å²) in [5.74, 6) is 3.83. The molecule has 4 fully saturated rings. The highest BCUT2D eigenvalue weighted by Gasteiger charge is 2.59. The van der Waals surface area contributed by atoms with Gasteiger partial charge in [-0.05, 0) is 105 Å². The van der Waals surface area contributed by atoms with Crippen LogP contribution in [-0.4, -0.2) is 68.3 Å². The van der Waals surface area contributed by atoms with E-state index in [1.54, 1.807) is 22.6 Å². The maximum atomic E-state index is 13.4. The van der Waals surface area contributed by atoms with Gasteiger partial charge in [0.2, 0.25) is 5.91 Å². The number of fused-ring (bicyclic) bond motifs is 5. The van der Waals surface area contributed by atoms with Gasteiger partial charge >= 0.3 is 0 Å². The van der Waals surface area contributed by atoms with Crippen molar-refractivity contribution in [2.45, 2.75) is 104 Å². The molecule has 41 heavy (non-hydrogen) atoms. The van der Waals surface area contributed by atoms with Gasteiger partial charge in [-0.25, -0.2) is 0 Å². The zero-order valence-corrected chi connectivity index (χ0v) is 26.0. The molecule has 9 atom stereocenters. The Hall–Kier alpha value is -2.15. The van der Waals surface area contributed by atoms with Gasteiger partial charge in [0.1, 0.15) is 0 Å². The molecule has 2 heterocycles. The van der Waals surface area contributed by atoms with Gasteiger partial charge in [-0.15, -0.1) is 0 Å². The van der Waals surface area contributed by atoms with Crippen LogP contribution in [-0.2, 0) is 11.8 Å². The molecule has 0 radical (unpaired) electrons. The molecule has 0 aromatic carbocycles. The fraction of sp³-hybridized carbons (Fsp3) is 0.794. The lowest BCUT2D eigenvalue weighted by Gasteiger charge is -2.58. The molecule has 5 aliphatic rings. The molecular formula is C34H52N4O3. The second-order valence-corrected chi connectivity index (χ2v) is 15.0. The average Bonchev–Trinajstić information content (AvgIpc) is 3.54. The number of allylic oxidation sites excluding steroid dienone is 1. The van der Waals surface area contributed by atoms with Crippen LogP contribution in [0.1, 0.15) is 102 Å². The molecule has 3 saturated carbocycles. The van der Waals surface area contributed by atoms with Gasteiger partial charge in [-0.3, -0.25) is 14.3 Å². The van der Waals surface area contributed by atoms with Gasteiger partial charge in [0, 0.05) is 45.3 Å². The van der Waals surface area contributed by atoms with Crippen LogP contribution >= 0.6 is 0 Å². The minimum Gasteiger partial charge on any atom is -0.393 e. The van der Waals surface area contributed by atoms with Crippen molar-refractivity contribution >= 4 is 11.8 Å². The smallest absolute Gasteiger partial charge is 0.257 e. The van der Waals surface area contributed by atoms with E-state index in [1.807, 2.05) is 16.8 Å². The normalized spacial score (nSPS) is 39.4. The van der Waals surface area contributed by atoms with Crippen LogP contribution < -0.4 is 0 Å². The number of piperazine rings is 1. The summed E-state index contributed by atoms with van der Waals surface area (Å²) >= 11 is 0. The Morgan fingerprint density at radius 1 is 1.12 bits per heavy atom. The van der Waals surface area contributed by atoms with Crippen molar-refractivity contribution < 1.29 is 14.7 Å². The summed E-state index contributed by atoms with van der Waals surface area (Å²) in [5, 5.41) is 14.5. The van der Waals surface area contributed by atoms with Gasteiger partial charge in [-0.2, -0.15) is 5.10 Å². The zero-order valence-electron chi connectivity index (χ0n) is 26.0. The number of aryl methyl sites for hydroxylation is 1. The van der Waals surface area contributed by atoms with Crippen LogP contribution in [0.5, 0.6) is 0 Å². The van der Waals surface area contributed by atoms with Crippen LogP contribution in [0.2, 0.25) is 0 Å². The summed E-state index contributed by atoms with van der Waals surface area (Å²) in [5.41, 5.74) is 2.84. The summed E-state index contributed by atoms with van der Waals surface area (Å²) in [6.07, 6.45) is 16.8. The Morgan fingerprint density at radius 3 is 2.66 bits per heavy atom. The predicted octanol–water partition coefficient (Wildman–Crippen LogP) is 5.45. The summed E-state index contributed by atoms with van der Waals surface area (Å²) in [6, 6.07) is 0.0299. The molecular weight excluding hydrogens is 512 g/mol. The van der Waals surface area contributed by atoms with Crippen molar-refractivity contribution in [1.82, 2.24) is 19.6 Å². The van der Waals surface area contributed by atoms with Gasteiger partial charge in [0.25, 0.3) is 5.91 Å². The highest BCUT2D eigenvalue weighted by molar-refractivity contribution is 5.94. The van der Waals surface area contributed by atoms with Gasteiger partial charge in [0.15, 0.2) is 0 Å². The van der Waals surface area contributed by atoms with E-state index in [-0.39, 0.29) is 24.0 Å². The number of hydrogen-bond donors (Lipinski definition) is 1. The third-order valence-corrected chi connectivity index (χ3v) is 12.8. The number of aliphatic hydroxyl groups is 1. The van der Waals surface area contributed by atoms with E-state index >= 15 is 0 Å². The monoisotopic (exact) mass is 564 g/mol. The van der Waals surface area contributed by atoms with Crippen molar-refractivity contribution in [2.24, 2.45) is 47.5 Å². The fourth-order valence-corrected chi connectivity index (χ4v) is 10.5. The second kappa shape index (κ2) is 10.8. The Morgan fingerprint density at radius 2 is 1.93 bits per heavy atom. The van der Waals surface area contributed by atoms with Crippen molar-refractivity contribution in [3.8, 4) is 0 Å². The molecule has 1 saturated heterocycles. The molecule has 0 bridgehead atoms. The molecule has 1 aromatic rings. The average molecular weight is 565 g/mol. The molecule has 7 nitrogen and oxygen atoms in total. The first kappa shape index (κ1) is 28.9. The second-order valence-electron chi connectivity index (χ2n) is 15.0. The SMILES string of the molecule is C[C@H](CCC(=O)N1CCN(C(=O)c2cnn(C)c2)C[C@@H]1C)[C@H]1CC[C@H]2[C@@H]3CC=C4C[C@@H](O)CC[C@]4(C)[C@H]3CC[C@]12C. The minimum atomic E-state index is -0.139. The number of nitrogens with zero attached hydrogens (tertiary/aromatic N) is 4. The molecule has 1 aliphatic heterocycles. The Balaban J connectivity index is 1.04. The van der Waals surface area contributed by atoms with E-state index in [1.165, 1.54) is 32.1 Å². The lowest BCUT2D eigenvalue weighted by Crippen LogP contribution is -2.55. The number of amides is 2. The van der Waals surface area contributed by atoms with Crippen LogP contribution in [0.25, 0.3) is 0 Å². The van der Waals surface area contributed by atoms with E-state index in [9.17, 15) is 14.7 Å². The van der Waals surface area contributed by atoms with Gasteiger partial charge in [-0.1, -0.05) is 32.4 Å². The van der Waals surface area contributed by atoms with Gasteiger partial charge in [0.05, 0.1) is 17.9 Å². The number of aliphatic hydroxyl groups excluding tert-OH is 1. The summed E-state index contributed by atoms with van der Waals surface area (Å²) in [4.78, 5) is 30.2. The first-order chi connectivity index (χ1) is 19.5. The lowest BCUT2D eigenvalue weighted by molar-refractivity contribution is -0.135. The quantitative estimate of drug-likeness (QED) is 0.483. The van der Waals surface area contributed by atoms with E-state index in [0.717, 1.165) is 43.4 Å². The van der Waals surface area contributed by atoms with Crippen molar-refractivity contribution in [3.63, 3.8) is 0 Å². The highest BCUT2D eigenvalue weighted by atomic mass is 16.3. The number of carbonyl (C=O) groups is 2. The molecule has 7 heteroatoms. The molecule has 2 amide bonds. The summed E-state index contributed by atoms with van der Waals surface area (Å²) in [7, 11) is 1.82. The maximum Gasteiger partial charge on any atom is 0.257 e. The standard InChI is InChI=1S/C34H52N4O3/c1-22(6-11-31(40)38-17-16-37(20-23(38)2)32(41)24-19-35-36(5)21-24)28-9-10-29-27-8-7-25-18-26(39)12-14-33(25,3)30(27)13-15-34(28,29)4/h7,19,21-23,26-30,39H,6,8-18,20H2,1-5H3/t22-,23+,26+,27+,28-,29+,30+,33+,34-/m1/s1. The minimum absolute atomic E-state index is 0.00387. The van der Waals surface area contributed by atoms with Crippen molar-refractivity contribution in [1.29, 1.82) is 0 Å². The van der Waals surface area contributed by atoms with Crippen molar-refractivity contribution in [3.05, 3.63) is 29.6 Å². The first-order valence-electron chi connectivity index (χ1n) is 16.5. The molecule has 0 spiro atoms. The molecule has 4 aliphatic carbocycles. The number of carbonyl (C=O) groups excluding carboxylic acids is 2. The topological polar surface area (TPSA) is 78.7 Å².